The van der Waals surface area contributed by atoms with Gasteiger partial charge < -0.3 is 10.4 Å². The van der Waals surface area contributed by atoms with Gasteiger partial charge in [0.15, 0.2) is 5.65 Å². The molecule has 8 nitrogen and oxygen atoms in total. The summed E-state index contributed by atoms with van der Waals surface area (Å²) in [7, 11) is 0. The quantitative estimate of drug-likeness (QED) is 0.468. The van der Waals surface area contributed by atoms with E-state index in [1.54, 1.807) is 26.1 Å². The minimum absolute atomic E-state index is 0.000569. The summed E-state index contributed by atoms with van der Waals surface area (Å²) in [5.41, 5.74) is -3.48. The maximum atomic E-state index is 14.9. The zero-order valence-electron chi connectivity index (χ0n) is 21.3. The molecule has 1 saturated heterocycles. The van der Waals surface area contributed by atoms with Gasteiger partial charge >= 0.3 is 6.18 Å². The molecule has 13 heteroatoms. The molecule has 1 fully saturated rings. The second-order valence-corrected chi connectivity index (χ2v) is 9.94. The van der Waals surface area contributed by atoms with E-state index in [0.29, 0.717) is 6.07 Å². The van der Waals surface area contributed by atoms with Crippen molar-refractivity contribution in [1.82, 2.24) is 14.9 Å². The van der Waals surface area contributed by atoms with Crippen LogP contribution < -0.4 is 15.6 Å². The zero-order chi connectivity index (χ0) is 29.0. The van der Waals surface area contributed by atoms with E-state index in [4.69, 9.17) is 0 Å². The Balaban J connectivity index is 1.95. The van der Waals surface area contributed by atoms with Crippen LogP contribution in [0.25, 0.3) is 16.7 Å². The molecule has 3 aromatic rings. The molecular formula is C26H25F5N4O4. The summed E-state index contributed by atoms with van der Waals surface area (Å²) in [4.78, 5) is 44.7. The summed E-state index contributed by atoms with van der Waals surface area (Å²) < 4.78 is 69.3. The van der Waals surface area contributed by atoms with E-state index in [1.807, 2.05) is 0 Å². The van der Waals surface area contributed by atoms with Crippen LogP contribution in [0.5, 0.6) is 0 Å². The standard InChI is InChI=1S/C26H25F5N4O4/c1-5-18(26(29,30)31)32-23(38)15-11-34(17-8-6-13(27)10-16(17)28)22-14(20(15)36)7-9-19(33-22)35-12(2)21(37)25(3,4)24(35)39/h6-12,18,21,37H,5H2,1-4H3,(H,32,38)/t12?,18-,21?/m1/s1. The normalized spacial score (nSPS) is 19.9. The first kappa shape index (κ1) is 28.1. The number of hydrogen-bond donors (Lipinski definition) is 2. The zero-order valence-corrected chi connectivity index (χ0v) is 21.3. The number of hydrogen-bond acceptors (Lipinski definition) is 5. The molecule has 0 spiro atoms. The van der Waals surface area contributed by atoms with Crippen LogP contribution in [-0.2, 0) is 4.79 Å². The first-order valence-electron chi connectivity index (χ1n) is 12.0. The van der Waals surface area contributed by atoms with E-state index in [0.717, 1.165) is 22.9 Å². The molecule has 4 rings (SSSR count). The van der Waals surface area contributed by atoms with E-state index in [1.165, 1.54) is 24.0 Å². The van der Waals surface area contributed by atoms with E-state index >= 15 is 0 Å². The summed E-state index contributed by atoms with van der Waals surface area (Å²) in [5, 5.41) is 12.1. The number of carbonyl (C=O) groups is 2. The lowest BCUT2D eigenvalue weighted by Gasteiger charge is -2.23. The van der Waals surface area contributed by atoms with Gasteiger partial charge in [-0.15, -0.1) is 0 Å². The van der Waals surface area contributed by atoms with Crippen molar-refractivity contribution in [1.29, 1.82) is 0 Å². The SMILES string of the molecule is CC[C@@H](NC(=O)c1cn(-c2ccc(F)cc2F)c2nc(N3C(=O)C(C)(C)C(O)C3C)ccc2c1=O)C(F)(F)F. The van der Waals surface area contributed by atoms with Gasteiger partial charge in [-0.25, -0.2) is 13.8 Å². The summed E-state index contributed by atoms with van der Waals surface area (Å²) in [6, 6.07) is 1.98. The van der Waals surface area contributed by atoms with Crippen LogP contribution >= 0.6 is 0 Å². The van der Waals surface area contributed by atoms with Crippen LogP contribution in [0.4, 0.5) is 27.8 Å². The Morgan fingerprint density at radius 3 is 2.38 bits per heavy atom. The number of aliphatic hydroxyl groups excluding tert-OH is 1. The van der Waals surface area contributed by atoms with Crippen molar-refractivity contribution in [3.8, 4) is 5.69 Å². The molecular weight excluding hydrogens is 527 g/mol. The Labute approximate surface area is 219 Å². The number of carbonyl (C=O) groups excluding carboxylic acids is 2. The lowest BCUT2D eigenvalue weighted by molar-refractivity contribution is -0.153. The fourth-order valence-corrected chi connectivity index (χ4v) is 4.68. The number of benzene rings is 1. The summed E-state index contributed by atoms with van der Waals surface area (Å²) in [6.07, 6.45) is -5.52. The Hall–Kier alpha value is -3.87. The first-order valence-corrected chi connectivity index (χ1v) is 12.0. The van der Waals surface area contributed by atoms with Gasteiger partial charge in [-0.05, 0) is 51.5 Å². The Kier molecular flexibility index (Phi) is 7.00. The van der Waals surface area contributed by atoms with Crippen molar-refractivity contribution in [2.45, 2.75) is 58.5 Å². The van der Waals surface area contributed by atoms with Crippen molar-refractivity contribution in [2.24, 2.45) is 5.41 Å². The van der Waals surface area contributed by atoms with E-state index < -0.39 is 70.6 Å². The summed E-state index contributed by atoms with van der Waals surface area (Å²) >= 11 is 0. The Morgan fingerprint density at radius 2 is 1.85 bits per heavy atom. The van der Waals surface area contributed by atoms with E-state index in [-0.39, 0.29) is 22.5 Å². The molecule has 0 saturated carbocycles. The minimum Gasteiger partial charge on any atom is -0.390 e. The topological polar surface area (TPSA) is 105 Å². The van der Waals surface area contributed by atoms with Gasteiger partial charge in [0, 0.05) is 12.3 Å². The number of rotatable bonds is 5. The van der Waals surface area contributed by atoms with Crippen LogP contribution in [0, 0.1) is 17.0 Å². The molecule has 2 amide bonds. The van der Waals surface area contributed by atoms with Crippen molar-refractivity contribution in [2.75, 3.05) is 4.90 Å². The van der Waals surface area contributed by atoms with Crippen LogP contribution in [0.1, 0.15) is 44.5 Å². The van der Waals surface area contributed by atoms with Crippen LogP contribution in [0.2, 0.25) is 0 Å². The molecule has 2 aromatic heterocycles. The number of aromatic nitrogens is 2. The third-order valence-corrected chi connectivity index (χ3v) is 6.98. The fraction of sp³-hybridized carbons (Fsp3) is 0.385. The van der Waals surface area contributed by atoms with Gasteiger partial charge in [-0.3, -0.25) is 23.9 Å². The number of anilines is 1. The van der Waals surface area contributed by atoms with Gasteiger partial charge in [-0.1, -0.05) is 6.92 Å². The predicted octanol–water partition coefficient (Wildman–Crippen LogP) is 3.86. The van der Waals surface area contributed by atoms with E-state index in [2.05, 4.69) is 4.98 Å². The van der Waals surface area contributed by atoms with Crippen molar-refractivity contribution in [3.63, 3.8) is 0 Å². The number of halogens is 5. The van der Waals surface area contributed by atoms with Gasteiger partial charge in [0.25, 0.3) is 5.91 Å². The molecule has 1 aliphatic heterocycles. The van der Waals surface area contributed by atoms with E-state index in [9.17, 15) is 41.4 Å². The molecule has 3 heterocycles. The number of amides is 2. The molecule has 39 heavy (non-hydrogen) atoms. The summed E-state index contributed by atoms with van der Waals surface area (Å²) in [6.45, 7) is 5.90. The molecule has 3 atom stereocenters. The van der Waals surface area contributed by atoms with Gasteiger partial charge in [-0.2, -0.15) is 13.2 Å². The average molecular weight is 553 g/mol. The Bertz CT molecular complexity index is 1540. The number of nitrogens with zero attached hydrogens (tertiary/aromatic N) is 3. The monoisotopic (exact) mass is 552 g/mol. The highest BCUT2D eigenvalue weighted by atomic mass is 19.4. The van der Waals surface area contributed by atoms with Crippen LogP contribution in [0.15, 0.2) is 41.3 Å². The molecule has 0 bridgehead atoms. The number of fused-ring (bicyclic) bond motifs is 1. The molecule has 2 unspecified atom stereocenters. The fourth-order valence-electron chi connectivity index (χ4n) is 4.68. The number of aliphatic hydroxyl groups is 1. The molecule has 2 N–H and O–H groups in total. The molecule has 208 valence electrons. The molecule has 1 aromatic carbocycles. The van der Waals surface area contributed by atoms with Crippen molar-refractivity contribution < 1.29 is 36.6 Å². The molecule has 0 radical (unpaired) electrons. The second-order valence-electron chi connectivity index (χ2n) is 9.94. The highest BCUT2D eigenvalue weighted by molar-refractivity contribution is 6.01. The maximum absolute atomic E-state index is 14.9. The minimum atomic E-state index is -4.78. The van der Waals surface area contributed by atoms with Crippen LogP contribution in [-0.4, -0.2) is 50.8 Å². The molecule has 0 aliphatic carbocycles. The smallest absolute Gasteiger partial charge is 0.390 e. The third kappa shape index (κ3) is 4.75. The highest BCUT2D eigenvalue weighted by Crippen LogP contribution is 2.38. The second kappa shape index (κ2) is 9.70. The van der Waals surface area contributed by atoms with Gasteiger partial charge in [0.05, 0.1) is 28.6 Å². The first-order chi connectivity index (χ1) is 18.1. The molecule has 1 aliphatic rings. The largest absolute Gasteiger partial charge is 0.408 e. The highest BCUT2D eigenvalue weighted by Gasteiger charge is 2.52. The van der Waals surface area contributed by atoms with Crippen molar-refractivity contribution in [3.05, 3.63) is 63.9 Å². The third-order valence-electron chi connectivity index (χ3n) is 6.98. The van der Waals surface area contributed by atoms with Gasteiger partial charge in [0.1, 0.15) is 29.1 Å². The predicted molar refractivity (Wildman–Crippen MR) is 132 cm³/mol. The Morgan fingerprint density at radius 1 is 1.18 bits per heavy atom. The average Bonchev–Trinajstić information content (AvgIpc) is 3.01. The summed E-state index contributed by atoms with van der Waals surface area (Å²) in [5.74, 6) is -3.84. The number of alkyl halides is 3. The number of nitrogens with one attached hydrogen (secondary N) is 1. The van der Waals surface area contributed by atoms with Gasteiger partial charge in [0.2, 0.25) is 11.3 Å². The number of pyridine rings is 2. The lowest BCUT2D eigenvalue weighted by atomic mass is 9.87. The van der Waals surface area contributed by atoms with Crippen LogP contribution in [0.3, 0.4) is 0 Å². The lowest BCUT2D eigenvalue weighted by Crippen LogP contribution is -2.46. The van der Waals surface area contributed by atoms with Crippen molar-refractivity contribution >= 4 is 28.7 Å². The maximum Gasteiger partial charge on any atom is 0.408 e.